The first-order chi connectivity index (χ1) is 9.08. The lowest BCUT2D eigenvalue weighted by molar-refractivity contribution is 0.208. The van der Waals surface area contributed by atoms with Crippen LogP contribution >= 0.6 is 0 Å². The minimum atomic E-state index is 0.602. The van der Waals surface area contributed by atoms with Gasteiger partial charge in [0.2, 0.25) is 0 Å². The molecule has 0 amide bonds. The second-order valence-corrected chi connectivity index (χ2v) is 5.74. The molecule has 0 aromatic heterocycles. The molecule has 0 saturated carbocycles. The molecule has 0 radical (unpaired) electrons. The third-order valence-corrected chi connectivity index (χ3v) is 3.80. The van der Waals surface area contributed by atoms with E-state index >= 15 is 0 Å². The molecule has 0 aliphatic heterocycles. The lowest BCUT2D eigenvalue weighted by atomic mass is 10.0. The van der Waals surface area contributed by atoms with Crippen molar-refractivity contribution in [3.8, 4) is 0 Å². The van der Waals surface area contributed by atoms with Gasteiger partial charge in [0.25, 0.3) is 0 Å². The van der Waals surface area contributed by atoms with Crippen molar-refractivity contribution in [1.29, 1.82) is 0 Å². The molecule has 0 bridgehead atoms. The van der Waals surface area contributed by atoms with E-state index in [1.807, 2.05) is 0 Å². The molecule has 0 fully saturated rings. The Morgan fingerprint density at radius 1 is 1.21 bits per heavy atom. The van der Waals surface area contributed by atoms with Crippen LogP contribution in [0.2, 0.25) is 0 Å². The normalized spacial score (nSPS) is 11.5. The average molecular weight is 262 g/mol. The Kier molecular flexibility index (Phi) is 7.11. The highest BCUT2D eigenvalue weighted by molar-refractivity contribution is 5.31. The van der Waals surface area contributed by atoms with Crippen molar-refractivity contribution < 1.29 is 0 Å². The van der Waals surface area contributed by atoms with Crippen LogP contribution < -0.4 is 5.73 Å². The summed E-state index contributed by atoms with van der Waals surface area (Å²) in [4.78, 5) is 2.57. The van der Waals surface area contributed by atoms with Gasteiger partial charge in [-0.05, 0) is 50.4 Å². The van der Waals surface area contributed by atoms with Crippen LogP contribution in [0.5, 0.6) is 0 Å². The molecule has 1 aromatic rings. The summed E-state index contributed by atoms with van der Waals surface area (Å²) >= 11 is 0. The van der Waals surface area contributed by atoms with Crippen LogP contribution in [0.4, 0.5) is 0 Å². The first-order valence-corrected chi connectivity index (χ1v) is 7.61. The first kappa shape index (κ1) is 16.2. The first-order valence-electron chi connectivity index (χ1n) is 7.61. The van der Waals surface area contributed by atoms with Gasteiger partial charge < -0.3 is 5.73 Å². The van der Waals surface area contributed by atoms with Crippen LogP contribution in [0.25, 0.3) is 0 Å². The molecule has 1 aromatic carbocycles. The smallest absolute Gasteiger partial charge is 0.0239 e. The highest BCUT2D eigenvalue weighted by Crippen LogP contribution is 2.15. The van der Waals surface area contributed by atoms with E-state index in [4.69, 9.17) is 5.73 Å². The van der Waals surface area contributed by atoms with Gasteiger partial charge in [0.1, 0.15) is 0 Å². The van der Waals surface area contributed by atoms with Gasteiger partial charge in [-0.15, -0.1) is 0 Å². The molecule has 0 unspecified atom stereocenters. The topological polar surface area (TPSA) is 29.3 Å². The molecule has 2 heteroatoms. The summed E-state index contributed by atoms with van der Waals surface area (Å²) in [5, 5.41) is 0. The molecule has 0 heterocycles. The van der Waals surface area contributed by atoms with Crippen LogP contribution in [0.15, 0.2) is 18.2 Å². The molecule has 2 N–H and O–H groups in total. The standard InChI is InChI=1S/C17H30N2/c1-5-6-7-10-19(14(2)3)13-17-9-8-16(12-18)11-15(17)4/h8-9,11,14H,5-7,10,12-13,18H2,1-4H3. The number of hydrogen-bond acceptors (Lipinski definition) is 2. The van der Waals surface area contributed by atoms with Crippen LogP contribution in [0.3, 0.4) is 0 Å². The van der Waals surface area contributed by atoms with E-state index in [0.717, 1.165) is 6.54 Å². The van der Waals surface area contributed by atoms with Gasteiger partial charge in [-0.2, -0.15) is 0 Å². The largest absolute Gasteiger partial charge is 0.326 e. The molecular weight excluding hydrogens is 232 g/mol. The highest BCUT2D eigenvalue weighted by atomic mass is 15.1. The summed E-state index contributed by atoms with van der Waals surface area (Å²) in [7, 11) is 0. The molecule has 2 nitrogen and oxygen atoms in total. The van der Waals surface area contributed by atoms with Gasteiger partial charge in [0.15, 0.2) is 0 Å². The van der Waals surface area contributed by atoms with E-state index < -0.39 is 0 Å². The minimum Gasteiger partial charge on any atom is -0.326 e. The molecule has 0 aliphatic carbocycles. The summed E-state index contributed by atoms with van der Waals surface area (Å²) in [5.74, 6) is 0. The lowest BCUT2D eigenvalue weighted by Crippen LogP contribution is -2.31. The summed E-state index contributed by atoms with van der Waals surface area (Å²) < 4.78 is 0. The number of nitrogens with zero attached hydrogens (tertiary/aromatic N) is 1. The summed E-state index contributed by atoms with van der Waals surface area (Å²) in [5.41, 5.74) is 9.71. The number of nitrogens with two attached hydrogens (primary N) is 1. The second-order valence-electron chi connectivity index (χ2n) is 5.74. The number of aryl methyl sites for hydroxylation is 1. The molecule has 1 rings (SSSR count). The Hall–Kier alpha value is -0.860. The molecule has 0 atom stereocenters. The van der Waals surface area contributed by atoms with Crippen molar-refractivity contribution >= 4 is 0 Å². The summed E-state index contributed by atoms with van der Waals surface area (Å²) in [6.45, 7) is 11.9. The minimum absolute atomic E-state index is 0.602. The fraction of sp³-hybridized carbons (Fsp3) is 0.647. The molecule has 0 spiro atoms. The van der Waals surface area contributed by atoms with Gasteiger partial charge in [0.05, 0.1) is 0 Å². The molecular formula is C17H30N2. The van der Waals surface area contributed by atoms with Crippen molar-refractivity contribution in [3.05, 3.63) is 34.9 Å². The summed E-state index contributed by atoms with van der Waals surface area (Å²) in [6.07, 6.45) is 3.92. The van der Waals surface area contributed by atoms with Gasteiger partial charge >= 0.3 is 0 Å². The fourth-order valence-electron chi connectivity index (χ4n) is 2.37. The molecule has 0 saturated heterocycles. The zero-order valence-electron chi connectivity index (χ0n) is 13.1. The average Bonchev–Trinajstić information content (AvgIpc) is 2.39. The second kappa shape index (κ2) is 8.34. The van der Waals surface area contributed by atoms with Crippen LogP contribution in [-0.2, 0) is 13.1 Å². The SMILES string of the molecule is CCCCCN(Cc1ccc(CN)cc1C)C(C)C. The predicted octanol–water partition coefficient (Wildman–Crippen LogP) is 3.85. The molecule has 108 valence electrons. The van der Waals surface area contributed by atoms with Gasteiger partial charge in [-0.25, -0.2) is 0 Å². The number of benzene rings is 1. The Labute approximate surface area is 119 Å². The third-order valence-electron chi connectivity index (χ3n) is 3.80. The van der Waals surface area contributed by atoms with Crippen LogP contribution in [-0.4, -0.2) is 17.5 Å². The Bertz CT molecular complexity index is 372. The van der Waals surface area contributed by atoms with Crippen molar-refractivity contribution in [2.24, 2.45) is 5.73 Å². The predicted molar refractivity (Wildman–Crippen MR) is 84.1 cm³/mol. The van der Waals surface area contributed by atoms with E-state index in [-0.39, 0.29) is 0 Å². The summed E-state index contributed by atoms with van der Waals surface area (Å²) in [6, 6.07) is 7.23. The number of hydrogen-bond donors (Lipinski definition) is 1. The number of unbranched alkanes of at least 4 members (excludes halogenated alkanes) is 2. The van der Waals surface area contributed by atoms with E-state index in [1.165, 1.54) is 42.5 Å². The number of rotatable bonds is 8. The maximum Gasteiger partial charge on any atom is 0.0239 e. The van der Waals surface area contributed by atoms with Gasteiger partial charge in [-0.1, -0.05) is 38.0 Å². The lowest BCUT2D eigenvalue weighted by Gasteiger charge is -2.27. The van der Waals surface area contributed by atoms with E-state index in [2.05, 4.69) is 50.8 Å². The Balaban J connectivity index is 2.67. The van der Waals surface area contributed by atoms with Crippen LogP contribution in [0, 0.1) is 6.92 Å². The quantitative estimate of drug-likeness (QED) is 0.721. The zero-order valence-corrected chi connectivity index (χ0v) is 13.1. The Morgan fingerprint density at radius 3 is 2.47 bits per heavy atom. The third kappa shape index (κ3) is 5.33. The van der Waals surface area contributed by atoms with E-state index in [1.54, 1.807) is 0 Å². The Morgan fingerprint density at radius 2 is 1.95 bits per heavy atom. The van der Waals surface area contributed by atoms with Crippen molar-refractivity contribution in [3.63, 3.8) is 0 Å². The monoisotopic (exact) mass is 262 g/mol. The van der Waals surface area contributed by atoms with Crippen molar-refractivity contribution in [2.45, 2.75) is 66.1 Å². The van der Waals surface area contributed by atoms with E-state index in [0.29, 0.717) is 12.6 Å². The zero-order chi connectivity index (χ0) is 14.3. The van der Waals surface area contributed by atoms with Crippen molar-refractivity contribution in [2.75, 3.05) is 6.54 Å². The maximum atomic E-state index is 5.69. The van der Waals surface area contributed by atoms with Crippen molar-refractivity contribution in [1.82, 2.24) is 4.90 Å². The van der Waals surface area contributed by atoms with Gasteiger partial charge in [0, 0.05) is 19.1 Å². The molecule has 0 aliphatic rings. The van der Waals surface area contributed by atoms with Gasteiger partial charge in [-0.3, -0.25) is 4.90 Å². The van der Waals surface area contributed by atoms with E-state index in [9.17, 15) is 0 Å². The highest BCUT2D eigenvalue weighted by Gasteiger charge is 2.11. The molecule has 19 heavy (non-hydrogen) atoms. The maximum absolute atomic E-state index is 5.69. The fourth-order valence-corrected chi connectivity index (χ4v) is 2.37. The van der Waals surface area contributed by atoms with Crippen LogP contribution in [0.1, 0.15) is 56.7 Å².